The zero-order chi connectivity index (χ0) is 19.5. The van der Waals surface area contributed by atoms with Crippen LogP contribution in [0.5, 0.6) is 0 Å². The topological polar surface area (TPSA) is 55.1 Å². The Balaban J connectivity index is 1.50. The molecule has 1 amide bonds. The number of amides is 1. The summed E-state index contributed by atoms with van der Waals surface area (Å²) in [4.78, 5) is 16.6. The number of anilines is 1. The Morgan fingerprint density at radius 1 is 1.04 bits per heavy atom. The van der Waals surface area contributed by atoms with E-state index in [-0.39, 0.29) is 5.91 Å². The first-order valence-corrected chi connectivity index (χ1v) is 9.24. The number of furan rings is 1. The average molecular weight is 409 g/mol. The number of hydrogen-bond acceptors (Lipinski definition) is 3. The van der Waals surface area contributed by atoms with Crippen LogP contribution in [0.2, 0.25) is 10.0 Å². The van der Waals surface area contributed by atoms with Gasteiger partial charge >= 0.3 is 0 Å². The van der Waals surface area contributed by atoms with Crippen LogP contribution in [0.25, 0.3) is 28.3 Å². The number of benzene rings is 2. The Morgan fingerprint density at radius 2 is 1.93 bits per heavy atom. The molecule has 0 saturated carbocycles. The molecule has 4 aromatic rings. The molecule has 0 fully saturated rings. The third-order valence-electron chi connectivity index (χ3n) is 4.13. The quantitative estimate of drug-likeness (QED) is 0.394. The maximum atomic E-state index is 12.3. The van der Waals surface area contributed by atoms with Crippen molar-refractivity contribution in [3.63, 3.8) is 0 Å². The Bertz CT molecular complexity index is 1190. The molecule has 4 rings (SSSR count). The lowest BCUT2D eigenvalue weighted by Crippen LogP contribution is -2.08. The van der Waals surface area contributed by atoms with Crippen molar-refractivity contribution >= 4 is 51.8 Å². The van der Waals surface area contributed by atoms with Gasteiger partial charge in [0.25, 0.3) is 0 Å². The van der Waals surface area contributed by atoms with Crippen molar-refractivity contribution < 1.29 is 9.21 Å². The minimum absolute atomic E-state index is 0.265. The molecule has 0 bridgehead atoms. The van der Waals surface area contributed by atoms with Gasteiger partial charge in [-0.15, -0.1) is 0 Å². The van der Waals surface area contributed by atoms with Gasteiger partial charge in [0.1, 0.15) is 11.5 Å². The summed E-state index contributed by atoms with van der Waals surface area (Å²) in [5.41, 5.74) is 2.26. The summed E-state index contributed by atoms with van der Waals surface area (Å²) in [6.07, 6.45) is 4.74. The lowest BCUT2D eigenvalue weighted by molar-refractivity contribution is -0.111. The second kappa shape index (κ2) is 7.89. The molecule has 2 aromatic heterocycles. The van der Waals surface area contributed by atoms with Gasteiger partial charge in [-0.1, -0.05) is 29.3 Å². The van der Waals surface area contributed by atoms with E-state index in [1.54, 1.807) is 42.6 Å². The van der Waals surface area contributed by atoms with Crippen LogP contribution in [0, 0.1) is 0 Å². The molecule has 4 nitrogen and oxygen atoms in total. The van der Waals surface area contributed by atoms with Crippen LogP contribution in [0.3, 0.4) is 0 Å². The van der Waals surface area contributed by atoms with E-state index in [4.69, 9.17) is 27.6 Å². The first kappa shape index (κ1) is 18.3. The van der Waals surface area contributed by atoms with Crippen LogP contribution in [-0.4, -0.2) is 10.9 Å². The number of pyridine rings is 1. The molecule has 0 atom stereocenters. The predicted molar refractivity (Wildman–Crippen MR) is 114 cm³/mol. The van der Waals surface area contributed by atoms with Gasteiger partial charge in [-0.2, -0.15) is 0 Å². The number of nitrogens with zero attached hydrogens (tertiary/aromatic N) is 1. The van der Waals surface area contributed by atoms with E-state index < -0.39 is 0 Å². The molecular weight excluding hydrogens is 395 g/mol. The van der Waals surface area contributed by atoms with Crippen molar-refractivity contribution in [2.45, 2.75) is 0 Å². The third kappa shape index (κ3) is 3.93. The first-order valence-electron chi connectivity index (χ1n) is 8.48. The number of fused-ring (bicyclic) bond motifs is 1. The number of carbonyl (C=O) groups is 1. The van der Waals surface area contributed by atoms with Gasteiger partial charge in [-0.3, -0.25) is 9.78 Å². The summed E-state index contributed by atoms with van der Waals surface area (Å²) in [6.45, 7) is 0. The lowest BCUT2D eigenvalue weighted by Gasteiger charge is -2.05. The second-order valence-electron chi connectivity index (χ2n) is 6.02. The molecule has 0 spiro atoms. The summed E-state index contributed by atoms with van der Waals surface area (Å²) in [6, 6.07) is 18.1. The molecule has 6 heteroatoms. The van der Waals surface area contributed by atoms with Crippen molar-refractivity contribution in [1.29, 1.82) is 0 Å². The highest BCUT2D eigenvalue weighted by Crippen LogP contribution is 2.31. The van der Waals surface area contributed by atoms with Gasteiger partial charge in [-0.05, 0) is 60.7 Å². The second-order valence-corrected chi connectivity index (χ2v) is 6.87. The summed E-state index contributed by atoms with van der Waals surface area (Å²) < 4.78 is 5.76. The monoisotopic (exact) mass is 408 g/mol. The summed E-state index contributed by atoms with van der Waals surface area (Å²) in [5, 5.41) is 4.80. The van der Waals surface area contributed by atoms with E-state index in [0.717, 1.165) is 16.5 Å². The number of carbonyl (C=O) groups excluding carboxylic acids is 1. The van der Waals surface area contributed by atoms with E-state index in [2.05, 4.69) is 10.3 Å². The van der Waals surface area contributed by atoms with Crippen molar-refractivity contribution in [3.8, 4) is 11.3 Å². The zero-order valence-electron chi connectivity index (χ0n) is 14.5. The zero-order valence-corrected chi connectivity index (χ0v) is 16.0. The maximum Gasteiger partial charge on any atom is 0.248 e. The fourth-order valence-electron chi connectivity index (χ4n) is 2.82. The summed E-state index contributed by atoms with van der Waals surface area (Å²) in [7, 11) is 0. The Hall–Kier alpha value is -3.08. The van der Waals surface area contributed by atoms with Gasteiger partial charge in [0, 0.05) is 28.2 Å². The highest BCUT2D eigenvalue weighted by molar-refractivity contribution is 6.36. The van der Waals surface area contributed by atoms with Crippen LogP contribution in [0.15, 0.2) is 77.4 Å². The number of halogens is 2. The van der Waals surface area contributed by atoms with Gasteiger partial charge in [0.05, 0.1) is 16.2 Å². The van der Waals surface area contributed by atoms with Crippen molar-refractivity contribution in [1.82, 2.24) is 4.98 Å². The minimum atomic E-state index is -0.265. The van der Waals surface area contributed by atoms with Crippen LogP contribution < -0.4 is 5.32 Å². The Kier molecular flexibility index (Phi) is 5.15. The Morgan fingerprint density at radius 3 is 2.79 bits per heavy atom. The Labute approximate surface area is 171 Å². The van der Waals surface area contributed by atoms with Crippen LogP contribution in [0.4, 0.5) is 5.69 Å². The number of hydrogen-bond donors (Lipinski definition) is 1. The van der Waals surface area contributed by atoms with Gasteiger partial charge in [-0.25, -0.2) is 0 Å². The molecular formula is C22H14Cl2N2O2. The van der Waals surface area contributed by atoms with E-state index in [9.17, 15) is 4.79 Å². The number of nitrogens with one attached hydrogen (secondary N) is 1. The fraction of sp³-hybridized carbons (Fsp3) is 0. The molecule has 0 aliphatic heterocycles. The summed E-state index contributed by atoms with van der Waals surface area (Å²) in [5.74, 6) is 0.872. The molecule has 138 valence electrons. The van der Waals surface area contributed by atoms with Crippen molar-refractivity contribution in [2.75, 3.05) is 5.32 Å². The molecule has 0 unspecified atom stereocenters. The van der Waals surface area contributed by atoms with Crippen LogP contribution in [-0.2, 0) is 4.79 Å². The normalized spacial score (nSPS) is 11.2. The molecule has 2 aromatic carbocycles. The molecule has 0 aliphatic carbocycles. The molecule has 1 N–H and O–H groups in total. The van der Waals surface area contributed by atoms with Crippen LogP contribution >= 0.6 is 23.2 Å². The largest absolute Gasteiger partial charge is 0.457 e. The molecule has 28 heavy (non-hydrogen) atoms. The minimum Gasteiger partial charge on any atom is -0.457 e. The average Bonchev–Trinajstić information content (AvgIpc) is 3.15. The van der Waals surface area contributed by atoms with Gasteiger partial charge < -0.3 is 9.73 Å². The van der Waals surface area contributed by atoms with Gasteiger partial charge in [0.2, 0.25) is 5.91 Å². The van der Waals surface area contributed by atoms with Gasteiger partial charge in [0.15, 0.2) is 0 Å². The molecule has 0 radical (unpaired) electrons. The molecule has 0 aliphatic rings. The predicted octanol–water partition coefficient (Wildman–Crippen LogP) is 6.45. The highest BCUT2D eigenvalue weighted by atomic mass is 35.5. The maximum absolute atomic E-state index is 12.3. The fourth-order valence-corrected chi connectivity index (χ4v) is 3.32. The summed E-state index contributed by atoms with van der Waals surface area (Å²) >= 11 is 12.1. The highest BCUT2D eigenvalue weighted by Gasteiger charge is 2.09. The van der Waals surface area contributed by atoms with E-state index in [0.29, 0.717) is 27.3 Å². The standard InChI is InChI=1S/C22H14Cl2N2O2/c23-14-6-9-16(18(24)13-14)21-10-7-15(28-21)8-11-22(27)26-20-5-1-4-19-17(20)3-2-12-25-19/h1-13H,(H,26,27). The van der Waals surface area contributed by atoms with Crippen molar-refractivity contribution in [2.24, 2.45) is 0 Å². The lowest BCUT2D eigenvalue weighted by atomic mass is 10.2. The van der Waals surface area contributed by atoms with E-state index in [1.165, 1.54) is 6.08 Å². The molecule has 0 saturated heterocycles. The SMILES string of the molecule is O=C(C=Cc1ccc(-c2ccc(Cl)cc2Cl)o1)Nc1cccc2ncccc12. The third-order valence-corrected chi connectivity index (χ3v) is 4.67. The smallest absolute Gasteiger partial charge is 0.248 e. The first-order chi connectivity index (χ1) is 13.6. The van der Waals surface area contributed by atoms with E-state index in [1.807, 2.05) is 30.3 Å². The number of rotatable bonds is 4. The van der Waals surface area contributed by atoms with Crippen molar-refractivity contribution in [3.05, 3.63) is 88.7 Å². The van der Waals surface area contributed by atoms with E-state index >= 15 is 0 Å². The van der Waals surface area contributed by atoms with Crippen LogP contribution in [0.1, 0.15) is 5.76 Å². The number of aromatic nitrogens is 1. The molecule has 2 heterocycles.